The first-order valence-corrected chi connectivity index (χ1v) is 26.4. The van der Waals surface area contributed by atoms with E-state index in [1.54, 1.807) is 11.3 Å². The third-order valence-corrected chi connectivity index (χ3v) is 17.9. The van der Waals surface area contributed by atoms with Gasteiger partial charge in [-0.25, -0.2) is 4.85 Å². The first-order valence-electron chi connectivity index (χ1n) is 24.8. The molecule has 0 unspecified atom stereocenters. The molecule has 4 aromatic heterocycles. The third-order valence-electron chi connectivity index (χ3n) is 15.5. The summed E-state index contributed by atoms with van der Waals surface area (Å²) in [5.74, 6) is 0. The van der Waals surface area contributed by atoms with Gasteiger partial charge in [0, 0.05) is 63.6 Å². The molecule has 0 aliphatic heterocycles. The van der Waals surface area contributed by atoms with Crippen LogP contribution in [0.25, 0.3) is 155 Å². The lowest BCUT2D eigenvalue weighted by atomic mass is 9.88. The van der Waals surface area contributed by atoms with Gasteiger partial charge in [0.2, 0.25) is 5.69 Å². The Hall–Kier alpha value is -9.56. The van der Waals surface area contributed by atoms with Crippen molar-refractivity contribution in [3.63, 3.8) is 0 Å². The molecule has 0 fully saturated rings. The highest BCUT2D eigenvalue weighted by atomic mass is 32.1. The molecule has 0 amide bonds. The number of rotatable bonds is 5. The number of hydrogen-bond donors (Lipinski definition) is 0. The van der Waals surface area contributed by atoms with Crippen LogP contribution in [0.4, 0.5) is 5.69 Å². The summed E-state index contributed by atoms with van der Waals surface area (Å²) < 4.78 is 9.52. The molecule has 4 nitrogen and oxygen atoms in total. The Bertz CT molecular complexity index is 5050. The average molecular weight is 973 g/mol. The minimum absolute atomic E-state index is 0.423. The van der Waals surface area contributed by atoms with Crippen LogP contribution < -0.4 is 0 Å². The summed E-state index contributed by atoms with van der Waals surface area (Å²) in [5, 5.41) is 26.3. The molecule has 12 aromatic carbocycles. The molecule has 0 atom stereocenters. The van der Waals surface area contributed by atoms with Gasteiger partial charge in [-0.2, -0.15) is 5.26 Å². The molecule has 0 aliphatic carbocycles. The van der Waals surface area contributed by atoms with Gasteiger partial charge in [-0.3, -0.25) is 0 Å². The molecule has 0 spiro atoms. The lowest BCUT2D eigenvalue weighted by Crippen LogP contribution is -2.09. The first kappa shape index (κ1) is 41.1. The van der Waals surface area contributed by atoms with E-state index in [0.717, 1.165) is 103 Å². The zero-order valence-corrected chi connectivity index (χ0v) is 41.0. The maximum atomic E-state index is 12.4. The highest BCUT2D eigenvalue weighted by Gasteiger charge is 2.34. The molecule has 0 bridgehead atoms. The molecule has 74 heavy (non-hydrogen) atoms. The van der Waals surface area contributed by atoms with Crippen molar-refractivity contribution < 1.29 is 0 Å². The summed E-state index contributed by atoms with van der Waals surface area (Å²) in [6.45, 7) is 9.50. The highest BCUT2D eigenvalue weighted by Crippen LogP contribution is 2.56. The second kappa shape index (κ2) is 15.5. The van der Waals surface area contributed by atoms with E-state index in [1.165, 1.54) is 41.7 Å². The van der Waals surface area contributed by atoms with Crippen molar-refractivity contribution in [1.29, 1.82) is 5.26 Å². The van der Waals surface area contributed by atoms with Crippen LogP contribution in [0.5, 0.6) is 0 Å². The van der Waals surface area contributed by atoms with Crippen LogP contribution in [-0.2, 0) is 0 Å². The van der Waals surface area contributed by atoms with E-state index in [9.17, 15) is 11.8 Å². The minimum Gasteiger partial charge on any atom is -0.318 e. The number of fused-ring (bicyclic) bond motifs is 14. The molecular weight excluding hydrogens is 937 g/mol. The Kier molecular flexibility index (Phi) is 8.59. The molecule has 4 heterocycles. The zero-order valence-electron chi connectivity index (χ0n) is 39.4. The fourth-order valence-corrected chi connectivity index (χ4v) is 15.1. The number of thiophene rings is 2. The Labute approximate surface area is 431 Å². The number of hydrogen-bond acceptors (Lipinski definition) is 3. The highest BCUT2D eigenvalue weighted by molar-refractivity contribution is 7.27. The van der Waals surface area contributed by atoms with Crippen LogP contribution in [-0.4, -0.2) is 9.13 Å². The summed E-state index contributed by atoms with van der Waals surface area (Å²) in [5.41, 5.74) is 11.8. The van der Waals surface area contributed by atoms with E-state index in [2.05, 4.69) is 220 Å². The molecule has 0 saturated carbocycles. The normalized spacial score (nSPS) is 12.0. The number of benzene rings is 12. The van der Waals surface area contributed by atoms with Crippen molar-refractivity contribution in [2.75, 3.05) is 0 Å². The van der Waals surface area contributed by atoms with Gasteiger partial charge in [0.1, 0.15) is 6.07 Å². The van der Waals surface area contributed by atoms with Gasteiger partial charge in [0.05, 0.1) is 55.0 Å². The van der Waals surface area contributed by atoms with Gasteiger partial charge in [0.15, 0.2) is 0 Å². The van der Waals surface area contributed by atoms with Crippen LogP contribution in [0.15, 0.2) is 218 Å². The van der Waals surface area contributed by atoms with Crippen molar-refractivity contribution in [3.8, 4) is 50.8 Å². The fourth-order valence-electron chi connectivity index (χ4n) is 12.6. The quantitative estimate of drug-likeness (QED) is 0.125. The predicted octanol–water partition coefficient (Wildman–Crippen LogP) is 19.8. The van der Waals surface area contributed by atoms with E-state index in [0.29, 0.717) is 16.8 Å². The molecule has 0 N–H and O–H groups in total. The van der Waals surface area contributed by atoms with E-state index in [1.807, 2.05) is 29.5 Å². The predicted molar refractivity (Wildman–Crippen MR) is 314 cm³/mol. The van der Waals surface area contributed by atoms with E-state index in [-0.39, 0.29) is 0 Å². The summed E-state index contributed by atoms with van der Waals surface area (Å²) in [6.07, 6.45) is 0. The largest absolute Gasteiger partial charge is 0.318 e. The topological polar surface area (TPSA) is 38.0 Å². The maximum Gasteiger partial charge on any atom is 0.220 e. The molecule has 16 aromatic rings. The average Bonchev–Trinajstić information content (AvgIpc) is 4.28. The number of nitriles is 1. The molecule has 0 saturated heterocycles. The van der Waals surface area contributed by atoms with Gasteiger partial charge in [-0.05, 0) is 74.1 Å². The SMILES string of the molecule is [C-]#[N+]c1c(-c2ccccc2)c(C#N)c(-n2c3c(ccc4c5ccccc5sc43)c3c(-c4ccccc4)cc4c5ccccc5sc4c32)c(-c2ccccc2)c1-n1c2cccc3c4ccccc4c4cccc1c4c32. The third kappa shape index (κ3) is 5.43. The van der Waals surface area contributed by atoms with Crippen LogP contribution in [0.3, 0.4) is 0 Å². The van der Waals surface area contributed by atoms with E-state index < -0.39 is 0 Å². The van der Waals surface area contributed by atoms with Crippen molar-refractivity contribution in [2.45, 2.75) is 0 Å². The van der Waals surface area contributed by atoms with Gasteiger partial charge in [-0.1, -0.05) is 188 Å². The summed E-state index contributed by atoms with van der Waals surface area (Å²) in [4.78, 5) is 4.64. The Morgan fingerprint density at radius 2 is 0.878 bits per heavy atom. The van der Waals surface area contributed by atoms with Crippen molar-refractivity contribution in [2.24, 2.45) is 0 Å². The minimum atomic E-state index is 0.423. The van der Waals surface area contributed by atoms with Gasteiger partial charge >= 0.3 is 0 Å². The Morgan fingerprint density at radius 1 is 0.392 bits per heavy atom. The molecular formula is C68H36N4S2. The molecule has 0 radical (unpaired) electrons. The zero-order chi connectivity index (χ0) is 48.8. The van der Waals surface area contributed by atoms with Crippen molar-refractivity contribution in [3.05, 3.63) is 235 Å². The second-order valence-corrected chi connectivity index (χ2v) is 21.3. The van der Waals surface area contributed by atoms with Crippen LogP contribution in [0, 0.1) is 17.9 Å². The van der Waals surface area contributed by atoms with Crippen LogP contribution >= 0.6 is 22.7 Å². The molecule has 340 valence electrons. The maximum absolute atomic E-state index is 12.4. The van der Waals surface area contributed by atoms with E-state index in [4.69, 9.17) is 0 Å². The summed E-state index contributed by atoms with van der Waals surface area (Å²) in [7, 11) is 0. The van der Waals surface area contributed by atoms with Gasteiger partial charge in [0.25, 0.3) is 0 Å². The van der Waals surface area contributed by atoms with Gasteiger partial charge < -0.3 is 9.13 Å². The van der Waals surface area contributed by atoms with Gasteiger partial charge in [-0.15, -0.1) is 22.7 Å². The second-order valence-electron chi connectivity index (χ2n) is 19.2. The fraction of sp³-hybridized carbons (Fsp3) is 0. The smallest absolute Gasteiger partial charge is 0.220 e. The number of aromatic nitrogens is 2. The van der Waals surface area contributed by atoms with E-state index >= 15 is 0 Å². The van der Waals surface area contributed by atoms with Crippen LogP contribution in [0.2, 0.25) is 0 Å². The Morgan fingerprint density at radius 3 is 1.46 bits per heavy atom. The molecule has 16 rings (SSSR count). The summed E-state index contributed by atoms with van der Waals surface area (Å²) in [6, 6.07) is 80.8. The summed E-state index contributed by atoms with van der Waals surface area (Å²) >= 11 is 3.62. The van der Waals surface area contributed by atoms with Crippen molar-refractivity contribution in [1.82, 2.24) is 9.13 Å². The lowest BCUT2D eigenvalue weighted by Gasteiger charge is -2.26. The first-order chi connectivity index (χ1) is 36.7. The molecule has 6 heteroatoms. The van der Waals surface area contributed by atoms with Crippen LogP contribution in [0.1, 0.15) is 5.56 Å². The number of nitrogens with zero attached hydrogens (tertiary/aromatic N) is 4. The standard InChI is InChI=1S/C68H36N4S2/c1-70-62-57(40-21-7-3-8-22-40)52(38-69)63(58(41-23-9-4-10-24-41)65(62)71-53-31-17-29-46-42-25-11-12-26-43(42)47-30-18-32-54(71)61(47)60(46)53)72-64-49(36-35-48-44-27-13-15-33-55(44)73-67(48)64)59-50(39-19-5-2-6-20-39)37-51-45-28-14-16-34-56(45)74-68(51)66(59)72/h2-37H. The Balaban J connectivity index is 1.23. The van der Waals surface area contributed by atoms with Crippen molar-refractivity contribution >= 4 is 134 Å². The lowest BCUT2D eigenvalue weighted by molar-refractivity contribution is 1.14. The molecule has 0 aliphatic rings. The monoisotopic (exact) mass is 972 g/mol.